The first-order valence-electron chi connectivity index (χ1n) is 5.87. The SMILES string of the molecule is Cc1c(CNC(=O)C(N)CC(N)=O)cccc1[N+](=O)[O-]. The number of nitrogens with one attached hydrogen (secondary N) is 1. The van der Waals surface area contributed by atoms with Gasteiger partial charge < -0.3 is 16.8 Å². The fourth-order valence-electron chi connectivity index (χ4n) is 1.68. The van der Waals surface area contributed by atoms with E-state index < -0.39 is 22.8 Å². The minimum atomic E-state index is -1.02. The molecule has 0 aliphatic heterocycles. The number of primary amides is 1. The molecule has 0 bridgehead atoms. The molecule has 0 aliphatic rings. The molecule has 5 N–H and O–H groups in total. The second kappa shape index (κ2) is 6.62. The Morgan fingerprint density at radius 3 is 2.65 bits per heavy atom. The lowest BCUT2D eigenvalue weighted by Crippen LogP contribution is -2.42. The molecule has 1 aromatic rings. The minimum absolute atomic E-state index is 0.0156. The van der Waals surface area contributed by atoms with Crippen molar-refractivity contribution in [2.24, 2.45) is 11.5 Å². The fraction of sp³-hybridized carbons (Fsp3) is 0.333. The van der Waals surface area contributed by atoms with Crippen molar-refractivity contribution in [3.63, 3.8) is 0 Å². The van der Waals surface area contributed by atoms with E-state index in [4.69, 9.17) is 11.5 Å². The van der Waals surface area contributed by atoms with Gasteiger partial charge in [0.05, 0.1) is 17.4 Å². The number of rotatable bonds is 6. The van der Waals surface area contributed by atoms with E-state index in [-0.39, 0.29) is 18.7 Å². The van der Waals surface area contributed by atoms with Crippen molar-refractivity contribution in [2.75, 3.05) is 0 Å². The molecule has 1 aromatic carbocycles. The van der Waals surface area contributed by atoms with Crippen LogP contribution in [0.25, 0.3) is 0 Å². The molecular weight excluding hydrogens is 264 g/mol. The topological polar surface area (TPSA) is 141 Å². The number of nitro benzene ring substituents is 1. The van der Waals surface area contributed by atoms with Gasteiger partial charge in [0.1, 0.15) is 0 Å². The summed E-state index contributed by atoms with van der Waals surface area (Å²) in [6, 6.07) is 3.57. The lowest BCUT2D eigenvalue weighted by atomic mass is 10.1. The monoisotopic (exact) mass is 280 g/mol. The average molecular weight is 280 g/mol. The van der Waals surface area contributed by atoms with Crippen molar-refractivity contribution in [2.45, 2.75) is 25.9 Å². The highest BCUT2D eigenvalue weighted by atomic mass is 16.6. The normalized spacial score (nSPS) is 11.7. The lowest BCUT2D eigenvalue weighted by Gasteiger charge is -2.12. The predicted octanol–water partition coefficient (Wildman–Crippen LogP) is -0.278. The highest BCUT2D eigenvalue weighted by molar-refractivity contribution is 5.87. The summed E-state index contributed by atoms with van der Waals surface area (Å²) in [7, 11) is 0. The summed E-state index contributed by atoms with van der Waals surface area (Å²) < 4.78 is 0. The molecule has 0 saturated heterocycles. The molecule has 20 heavy (non-hydrogen) atoms. The molecule has 1 unspecified atom stereocenters. The maximum Gasteiger partial charge on any atom is 0.272 e. The number of benzene rings is 1. The van der Waals surface area contributed by atoms with Crippen LogP contribution in [0.2, 0.25) is 0 Å². The number of carbonyl (C=O) groups is 2. The van der Waals surface area contributed by atoms with E-state index >= 15 is 0 Å². The predicted molar refractivity (Wildman–Crippen MR) is 71.5 cm³/mol. The average Bonchev–Trinajstić information content (AvgIpc) is 2.35. The summed E-state index contributed by atoms with van der Waals surface area (Å²) in [5.74, 6) is -1.20. The van der Waals surface area contributed by atoms with Crippen LogP contribution in [-0.4, -0.2) is 22.8 Å². The quantitative estimate of drug-likeness (QED) is 0.485. The molecule has 0 aromatic heterocycles. The first-order chi connectivity index (χ1) is 9.32. The number of nitrogens with zero attached hydrogens (tertiary/aromatic N) is 1. The molecule has 108 valence electrons. The molecule has 8 heteroatoms. The summed E-state index contributed by atoms with van der Waals surface area (Å²) in [5, 5.41) is 13.3. The highest BCUT2D eigenvalue weighted by Gasteiger charge is 2.17. The van der Waals surface area contributed by atoms with Crippen LogP contribution in [0.3, 0.4) is 0 Å². The smallest absolute Gasteiger partial charge is 0.272 e. The summed E-state index contributed by atoms with van der Waals surface area (Å²) in [6.07, 6.45) is -0.250. The van der Waals surface area contributed by atoms with Gasteiger partial charge in [-0.3, -0.25) is 19.7 Å². The Hall–Kier alpha value is -2.48. The molecule has 1 atom stereocenters. The van der Waals surface area contributed by atoms with E-state index in [0.717, 1.165) is 0 Å². The Labute approximate surface area is 115 Å². The first kappa shape index (κ1) is 15.6. The zero-order valence-corrected chi connectivity index (χ0v) is 11.0. The van der Waals surface area contributed by atoms with Gasteiger partial charge >= 0.3 is 0 Å². The number of hydrogen-bond donors (Lipinski definition) is 3. The molecule has 0 saturated carbocycles. The molecule has 0 radical (unpaired) electrons. The van der Waals surface area contributed by atoms with Gasteiger partial charge in [-0.25, -0.2) is 0 Å². The van der Waals surface area contributed by atoms with Crippen LogP contribution < -0.4 is 16.8 Å². The zero-order chi connectivity index (χ0) is 15.3. The van der Waals surface area contributed by atoms with Gasteiger partial charge in [-0.2, -0.15) is 0 Å². The van der Waals surface area contributed by atoms with Gasteiger partial charge in [0.15, 0.2) is 0 Å². The van der Waals surface area contributed by atoms with Crippen molar-refractivity contribution in [1.29, 1.82) is 0 Å². The van der Waals surface area contributed by atoms with E-state index in [1.807, 2.05) is 0 Å². The third kappa shape index (κ3) is 4.02. The number of carbonyl (C=O) groups excluding carboxylic acids is 2. The molecule has 0 aliphatic carbocycles. The molecule has 0 fully saturated rings. The third-order valence-corrected chi connectivity index (χ3v) is 2.83. The Balaban J connectivity index is 2.71. The second-order valence-corrected chi connectivity index (χ2v) is 4.31. The van der Waals surface area contributed by atoms with E-state index in [2.05, 4.69) is 5.32 Å². The van der Waals surface area contributed by atoms with Crippen LogP contribution in [0.5, 0.6) is 0 Å². The molecule has 1 rings (SSSR count). The second-order valence-electron chi connectivity index (χ2n) is 4.31. The van der Waals surface area contributed by atoms with Crippen LogP contribution in [0.1, 0.15) is 17.5 Å². The van der Waals surface area contributed by atoms with Gasteiger partial charge in [-0.15, -0.1) is 0 Å². The summed E-state index contributed by atoms with van der Waals surface area (Å²) in [6.45, 7) is 1.70. The van der Waals surface area contributed by atoms with Crippen LogP contribution in [0, 0.1) is 17.0 Å². The van der Waals surface area contributed by atoms with Crippen molar-refractivity contribution in [1.82, 2.24) is 5.32 Å². The Morgan fingerprint density at radius 1 is 1.45 bits per heavy atom. The summed E-state index contributed by atoms with van der Waals surface area (Å²) in [5.41, 5.74) is 11.5. The Bertz CT molecular complexity index is 544. The Morgan fingerprint density at radius 2 is 2.10 bits per heavy atom. The summed E-state index contributed by atoms with van der Waals surface area (Å²) >= 11 is 0. The van der Waals surface area contributed by atoms with E-state index in [9.17, 15) is 19.7 Å². The van der Waals surface area contributed by atoms with Crippen LogP contribution >= 0.6 is 0 Å². The first-order valence-corrected chi connectivity index (χ1v) is 5.87. The standard InChI is InChI=1S/C12H16N4O4/c1-7-8(3-2-4-10(7)16(19)20)6-15-12(18)9(13)5-11(14)17/h2-4,9H,5-6,13H2,1H3,(H2,14,17)(H,15,18). The van der Waals surface area contributed by atoms with E-state index in [0.29, 0.717) is 11.1 Å². The van der Waals surface area contributed by atoms with Gasteiger partial charge in [0, 0.05) is 18.2 Å². The van der Waals surface area contributed by atoms with Gasteiger partial charge in [-0.1, -0.05) is 12.1 Å². The van der Waals surface area contributed by atoms with Crippen molar-refractivity contribution in [3.05, 3.63) is 39.4 Å². The van der Waals surface area contributed by atoms with Crippen molar-refractivity contribution < 1.29 is 14.5 Å². The maximum atomic E-state index is 11.6. The molecule has 8 nitrogen and oxygen atoms in total. The van der Waals surface area contributed by atoms with E-state index in [1.165, 1.54) is 12.1 Å². The van der Waals surface area contributed by atoms with Crippen molar-refractivity contribution in [3.8, 4) is 0 Å². The zero-order valence-electron chi connectivity index (χ0n) is 11.0. The van der Waals surface area contributed by atoms with Crippen LogP contribution in [-0.2, 0) is 16.1 Å². The van der Waals surface area contributed by atoms with E-state index in [1.54, 1.807) is 13.0 Å². The number of amides is 2. The molecule has 2 amide bonds. The van der Waals surface area contributed by atoms with Crippen LogP contribution in [0.15, 0.2) is 18.2 Å². The van der Waals surface area contributed by atoms with Crippen LogP contribution in [0.4, 0.5) is 5.69 Å². The summed E-state index contributed by atoms with van der Waals surface area (Å²) in [4.78, 5) is 32.6. The molecule has 0 heterocycles. The van der Waals surface area contributed by atoms with Gasteiger partial charge in [0.2, 0.25) is 11.8 Å². The number of nitrogens with two attached hydrogens (primary N) is 2. The lowest BCUT2D eigenvalue weighted by molar-refractivity contribution is -0.385. The third-order valence-electron chi connectivity index (χ3n) is 2.83. The van der Waals surface area contributed by atoms with Crippen molar-refractivity contribution >= 4 is 17.5 Å². The highest BCUT2D eigenvalue weighted by Crippen LogP contribution is 2.20. The minimum Gasteiger partial charge on any atom is -0.370 e. The number of hydrogen-bond acceptors (Lipinski definition) is 5. The largest absolute Gasteiger partial charge is 0.370 e. The Kier molecular flexibility index (Phi) is 5.15. The number of nitro groups is 1. The molecule has 0 spiro atoms. The van der Waals surface area contributed by atoms with Gasteiger partial charge in [-0.05, 0) is 12.5 Å². The fourth-order valence-corrected chi connectivity index (χ4v) is 1.68. The maximum absolute atomic E-state index is 11.6. The van der Waals surface area contributed by atoms with Gasteiger partial charge in [0.25, 0.3) is 5.69 Å². The molecular formula is C12H16N4O4.